The van der Waals surface area contributed by atoms with Crippen molar-refractivity contribution in [3.63, 3.8) is 0 Å². The molecule has 2 rings (SSSR count). The van der Waals surface area contributed by atoms with Crippen LogP contribution in [0.4, 0.5) is 5.69 Å². The molecule has 0 aromatic heterocycles. The topological polar surface area (TPSA) is 102 Å². The molecule has 1 heterocycles. The van der Waals surface area contributed by atoms with E-state index in [0.29, 0.717) is 16.5 Å². The minimum atomic E-state index is -1.36. The number of carboxylic acids is 1. The number of rotatable bonds is 7. The number of anilines is 1. The molecule has 2 atom stereocenters. The molecule has 1 saturated heterocycles. The number of thioether (sulfide) groups is 1. The molecule has 0 aliphatic carbocycles. The summed E-state index contributed by atoms with van der Waals surface area (Å²) in [7, 11) is 0. The maximum atomic E-state index is 12.7. The van der Waals surface area contributed by atoms with Crippen molar-refractivity contribution in [1.82, 2.24) is 5.32 Å². The number of carbonyl (C=O) groups is 3. The number of aliphatic carboxylic acids is 1. The van der Waals surface area contributed by atoms with E-state index in [0.717, 1.165) is 11.1 Å². The van der Waals surface area contributed by atoms with Gasteiger partial charge >= 0.3 is 0 Å². The number of thiocarbonyl (C=S) groups is 1. The molecule has 10 heteroatoms. The van der Waals surface area contributed by atoms with Gasteiger partial charge in [-0.05, 0) is 54.9 Å². The predicted molar refractivity (Wildman–Crippen MR) is 103 cm³/mol. The van der Waals surface area contributed by atoms with Crippen LogP contribution in [0.2, 0.25) is 5.02 Å². The quantitative estimate of drug-likeness (QED) is 0.400. The van der Waals surface area contributed by atoms with Gasteiger partial charge in [-0.15, -0.1) is 0 Å². The second-order valence-electron chi connectivity index (χ2n) is 5.34. The summed E-state index contributed by atoms with van der Waals surface area (Å²) in [6.45, 7) is 0. The van der Waals surface area contributed by atoms with Crippen molar-refractivity contribution in [3.8, 4) is 0 Å². The Kier molecular flexibility index (Phi) is 7.13. The third-order valence-electron chi connectivity index (χ3n) is 3.57. The maximum Gasteiger partial charge on any atom is 0.251 e. The molecule has 1 fully saturated rings. The minimum absolute atomic E-state index is 0.0641. The Labute approximate surface area is 164 Å². The van der Waals surface area contributed by atoms with Gasteiger partial charge in [0.15, 0.2) is 11.0 Å². The van der Waals surface area contributed by atoms with Gasteiger partial charge in [0.05, 0.1) is 17.7 Å². The highest BCUT2D eigenvalue weighted by Crippen LogP contribution is 2.22. The van der Waals surface area contributed by atoms with Crippen LogP contribution in [0.1, 0.15) is 6.42 Å². The molecule has 0 spiro atoms. The summed E-state index contributed by atoms with van der Waals surface area (Å²) >= 11 is 12.4. The van der Waals surface area contributed by atoms with Gasteiger partial charge in [-0.3, -0.25) is 19.5 Å². The van der Waals surface area contributed by atoms with E-state index in [1.807, 2.05) is 6.26 Å². The zero-order valence-electron chi connectivity index (χ0n) is 13.7. The van der Waals surface area contributed by atoms with Crippen molar-refractivity contribution in [2.75, 3.05) is 16.9 Å². The van der Waals surface area contributed by atoms with Crippen LogP contribution in [-0.2, 0) is 14.4 Å². The lowest BCUT2D eigenvalue weighted by Crippen LogP contribution is -2.58. The van der Waals surface area contributed by atoms with E-state index in [2.05, 4.69) is 10.3 Å². The van der Waals surface area contributed by atoms with E-state index < -0.39 is 29.7 Å². The number of benzene rings is 1. The molecule has 0 bridgehead atoms. The highest BCUT2D eigenvalue weighted by molar-refractivity contribution is 7.98. The zero-order valence-corrected chi connectivity index (χ0v) is 16.1. The first-order valence-electron chi connectivity index (χ1n) is 7.52. The van der Waals surface area contributed by atoms with Gasteiger partial charge in [0.1, 0.15) is 0 Å². The van der Waals surface area contributed by atoms with E-state index in [4.69, 9.17) is 23.8 Å². The molecule has 1 N–H and O–H groups in total. The Balaban J connectivity index is 2.24. The summed E-state index contributed by atoms with van der Waals surface area (Å²) in [5, 5.41) is 14.0. The van der Waals surface area contributed by atoms with E-state index in [1.165, 1.54) is 11.8 Å². The van der Waals surface area contributed by atoms with Crippen LogP contribution in [0.5, 0.6) is 0 Å². The van der Waals surface area contributed by atoms with Gasteiger partial charge in [-0.25, -0.2) is 0 Å². The molecule has 138 valence electrons. The second kappa shape index (κ2) is 9.11. The highest BCUT2D eigenvalue weighted by Gasteiger charge is 2.38. The molecular formula is C16H15ClN3O4S2-. The van der Waals surface area contributed by atoms with Gasteiger partial charge < -0.3 is 15.2 Å². The average Bonchev–Trinajstić information content (AvgIpc) is 2.58. The lowest BCUT2D eigenvalue weighted by Gasteiger charge is -2.31. The standard InChI is InChI=1S/C16H16ClN3O4S2/c1-26-7-6-12(15(23)24)18-8-11-13(21)19-16(25)20(14(11)22)10-4-2-9(17)3-5-10/h2-5,8,11-12H,6-7H2,1H3,(H,23,24)(H,19,21,25)/p-1/t11?,12-/m0/s1. The summed E-state index contributed by atoms with van der Waals surface area (Å²) in [5.74, 6) is -3.36. The molecule has 1 unspecified atom stereocenters. The van der Waals surface area contributed by atoms with Crippen LogP contribution in [0.3, 0.4) is 0 Å². The summed E-state index contributed by atoms with van der Waals surface area (Å²) in [4.78, 5) is 41.0. The first-order valence-corrected chi connectivity index (χ1v) is 9.70. The predicted octanol–water partition coefficient (Wildman–Crippen LogP) is 0.646. The van der Waals surface area contributed by atoms with Gasteiger partial charge in [-0.2, -0.15) is 11.8 Å². The van der Waals surface area contributed by atoms with Crippen LogP contribution in [0, 0.1) is 5.92 Å². The number of amides is 2. The molecule has 2 amide bonds. The Hall–Kier alpha value is -1.97. The fourth-order valence-electron chi connectivity index (χ4n) is 2.23. The number of hydrogen-bond acceptors (Lipinski definition) is 7. The molecule has 1 aromatic rings. The van der Waals surface area contributed by atoms with Crippen molar-refractivity contribution in [1.29, 1.82) is 0 Å². The number of halogens is 1. The first kappa shape index (κ1) is 20.3. The average molecular weight is 413 g/mol. The Morgan fingerprint density at radius 3 is 2.69 bits per heavy atom. The van der Waals surface area contributed by atoms with Crippen LogP contribution in [0.25, 0.3) is 0 Å². The van der Waals surface area contributed by atoms with Gasteiger partial charge in [0.25, 0.3) is 5.91 Å². The fourth-order valence-corrected chi connectivity index (χ4v) is 3.11. The van der Waals surface area contributed by atoms with Gasteiger partial charge in [0, 0.05) is 11.2 Å². The second-order valence-corrected chi connectivity index (χ2v) is 7.15. The molecule has 26 heavy (non-hydrogen) atoms. The van der Waals surface area contributed by atoms with Crippen molar-refractivity contribution in [2.45, 2.75) is 12.5 Å². The van der Waals surface area contributed by atoms with E-state index >= 15 is 0 Å². The minimum Gasteiger partial charge on any atom is -0.548 e. The molecular weight excluding hydrogens is 398 g/mol. The van der Waals surface area contributed by atoms with Gasteiger partial charge in [-0.1, -0.05) is 11.6 Å². The van der Waals surface area contributed by atoms with Gasteiger partial charge in [0.2, 0.25) is 5.91 Å². The smallest absolute Gasteiger partial charge is 0.251 e. The summed E-state index contributed by atoms with van der Waals surface area (Å²) in [5.41, 5.74) is 0.432. The number of carboxylic acid groups (broad SMARTS) is 1. The Morgan fingerprint density at radius 1 is 1.46 bits per heavy atom. The maximum absolute atomic E-state index is 12.7. The summed E-state index contributed by atoms with van der Waals surface area (Å²) in [6, 6.07) is 5.21. The highest BCUT2D eigenvalue weighted by atomic mass is 35.5. The summed E-state index contributed by atoms with van der Waals surface area (Å²) < 4.78 is 0. The third-order valence-corrected chi connectivity index (χ3v) is 4.75. The number of hydrogen-bond donors (Lipinski definition) is 1. The zero-order chi connectivity index (χ0) is 19.3. The van der Waals surface area contributed by atoms with Crippen molar-refractivity contribution in [3.05, 3.63) is 29.3 Å². The van der Waals surface area contributed by atoms with E-state index in [1.54, 1.807) is 24.3 Å². The largest absolute Gasteiger partial charge is 0.548 e. The fraction of sp³-hybridized carbons (Fsp3) is 0.312. The van der Waals surface area contributed by atoms with Crippen molar-refractivity contribution >= 4 is 70.4 Å². The van der Waals surface area contributed by atoms with E-state index in [9.17, 15) is 19.5 Å². The molecule has 0 radical (unpaired) electrons. The first-order chi connectivity index (χ1) is 12.3. The number of aliphatic imine (C=N–C) groups is 1. The summed E-state index contributed by atoms with van der Waals surface area (Å²) in [6.07, 6.45) is 3.12. The molecule has 1 aromatic carbocycles. The molecule has 7 nitrogen and oxygen atoms in total. The third kappa shape index (κ3) is 4.80. The van der Waals surface area contributed by atoms with Crippen LogP contribution >= 0.6 is 35.6 Å². The number of nitrogens with zero attached hydrogens (tertiary/aromatic N) is 2. The monoisotopic (exact) mass is 412 g/mol. The van der Waals surface area contributed by atoms with Crippen molar-refractivity contribution in [2.24, 2.45) is 10.9 Å². The molecule has 1 aliphatic rings. The number of carbonyl (C=O) groups excluding carboxylic acids is 3. The van der Waals surface area contributed by atoms with Crippen LogP contribution < -0.4 is 15.3 Å². The normalized spacial score (nSPS) is 18.9. The van der Waals surface area contributed by atoms with Crippen molar-refractivity contribution < 1.29 is 19.5 Å². The molecule has 0 saturated carbocycles. The van der Waals surface area contributed by atoms with Crippen LogP contribution in [0.15, 0.2) is 29.3 Å². The van der Waals surface area contributed by atoms with E-state index in [-0.39, 0.29) is 11.5 Å². The Bertz CT molecular complexity index is 754. The number of nitrogens with one attached hydrogen (secondary N) is 1. The lowest BCUT2D eigenvalue weighted by atomic mass is 10.1. The van der Waals surface area contributed by atoms with Crippen LogP contribution in [-0.4, -0.2) is 47.2 Å². The Morgan fingerprint density at radius 2 is 2.12 bits per heavy atom. The SMILES string of the molecule is CSCC[C@H](N=CC1C(=O)NC(=S)N(c2ccc(Cl)cc2)C1=O)C(=O)[O-]. The molecule has 1 aliphatic heterocycles. The lowest BCUT2D eigenvalue weighted by molar-refractivity contribution is -0.307.